The molecule has 1 aliphatic carbocycles. The van der Waals surface area contributed by atoms with Crippen LogP contribution in [-0.2, 0) is 9.59 Å². The summed E-state index contributed by atoms with van der Waals surface area (Å²) >= 11 is 0. The Labute approximate surface area is 195 Å². The lowest BCUT2D eigenvalue weighted by atomic mass is 9.82. The van der Waals surface area contributed by atoms with Crippen LogP contribution < -0.4 is 0 Å². The minimum atomic E-state index is -0.350. The number of hydrogen-bond acceptors (Lipinski definition) is 2. The third-order valence-corrected chi connectivity index (χ3v) is 6.62. The van der Waals surface area contributed by atoms with Crippen molar-refractivity contribution in [3.8, 4) is 0 Å². The van der Waals surface area contributed by atoms with Crippen LogP contribution in [0.3, 0.4) is 0 Å². The second kappa shape index (κ2) is 14.2. The lowest BCUT2D eigenvalue weighted by molar-refractivity contribution is -0.116. The molecule has 0 radical (unpaired) electrons. The fourth-order valence-corrected chi connectivity index (χ4v) is 3.96. The van der Waals surface area contributed by atoms with E-state index in [1.165, 1.54) is 11.1 Å². The molecule has 0 bridgehead atoms. The first-order valence-corrected chi connectivity index (χ1v) is 12.1. The number of allylic oxidation sites excluding steroid dienone is 10. The molecule has 0 fully saturated rings. The van der Waals surface area contributed by atoms with Crippen molar-refractivity contribution >= 4 is 11.6 Å². The van der Waals surface area contributed by atoms with E-state index in [9.17, 15) is 14.0 Å². The Morgan fingerprint density at radius 3 is 1.81 bits per heavy atom. The molecule has 1 rings (SSSR count). The molecule has 0 aromatic carbocycles. The van der Waals surface area contributed by atoms with Crippen LogP contribution in [0.15, 0.2) is 57.2 Å². The van der Waals surface area contributed by atoms with E-state index in [1.54, 1.807) is 20.8 Å². The van der Waals surface area contributed by atoms with Crippen molar-refractivity contribution in [2.24, 2.45) is 5.92 Å². The Hall–Kier alpha value is -2.03. The van der Waals surface area contributed by atoms with E-state index >= 15 is 0 Å². The average molecular weight is 443 g/mol. The number of carbonyl (C=O) groups is 2. The van der Waals surface area contributed by atoms with Gasteiger partial charge in [0, 0.05) is 22.3 Å². The standard InChI is InChI=1S/C29H43FO2/c1-20(11-8-12-21(2)14-10-16-23(4)19-30)13-9-15-22(3)17-18-27-26(7)28(31)24(5)25(6)29(27)32/h12-13,16,22H,8-11,14-15,17-19H2,1-7H3/b20-13+,21-12+,23-16-. The van der Waals surface area contributed by atoms with E-state index in [0.29, 0.717) is 34.6 Å². The summed E-state index contributed by atoms with van der Waals surface area (Å²) in [7, 11) is 0. The normalized spacial score (nSPS) is 17.6. The molecular weight excluding hydrogens is 399 g/mol. The van der Waals surface area contributed by atoms with Crippen LogP contribution in [0.2, 0.25) is 0 Å². The minimum absolute atomic E-state index is 0.0268. The first kappa shape index (κ1) is 28.0. The summed E-state index contributed by atoms with van der Waals surface area (Å²) in [6.45, 7) is 13.4. The molecule has 0 saturated carbocycles. The third kappa shape index (κ3) is 9.22. The second-order valence-corrected chi connectivity index (χ2v) is 9.60. The molecule has 1 aliphatic rings. The highest BCUT2D eigenvalue weighted by molar-refractivity contribution is 6.24. The maximum absolute atomic E-state index is 12.6. The van der Waals surface area contributed by atoms with Gasteiger partial charge in [0.25, 0.3) is 0 Å². The van der Waals surface area contributed by atoms with Gasteiger partial charge in [0.05, 0.1) is 0 Å². The number of ketones is 2. The van der Waals surface area contributed by atoms with Crippen molar-refractivity contribution in [2.75, 3.05) is 6.67 Å². The van der Waals surface area contributed by atoms with Crippen LogP contribution in [-0.4, -0.2) is 18.2 Å². The molecule has 0 spiro atoms. The summed E-state index contributed by atoms with van der Waals surface area (Å²) in [6, 6.07) is 0. The molecule has 0 aromatic heterocycles. The molecule has 2 nitrogen and oxygen atoms in total. The van der Waals surface area contributed by atoms with Crippen LogP contribution in [0.1, 0.15) is 99.8 Å². The molecule has 0 aromatic rings. The van der Waals surface area contributed by atoms with E-state index in [0.717, 1.165) is 50.5 Å². The fraction of sp³-hybridized carbons (Fsp3) is 0.586. The van der Waals surface area contributed by atoms with Gasteiger partial charge in [-0.25, -0.2) is 4.39 Å². The molecule has 1 unspecified atom stereocenters. The first-order chi connectivity index (χ1) is 15.1. The van der Waals surface area contributed by atoms with Crippen molar-refractivity contribution in [3.05, 3.63) is 57.2 Å². The Balaban J connectivity index is 2.37. The molecule has 0 saturated heterocycles. The fourth-order valence-electron chi connectivity index (χ4n) is 3.96. The van der Waals surface area contributed by atoms with E-state index in [2.05, 4.69) is 32.9 Å². The van der Waals surface area contributed by atoms with Gasteiger partial charge in [0.2, 0.25) is 0 Å². The van der Waals surface area contributed by atoms with Gasteiger partial charge in [-0.1, -0.05) is 36.3 Å². The van der Waals surface area contributed by atoms with Gasteiger partial charge in [0.15, 0.2) is 11.6 Å². The lowest BCUT2D eigenvalue weighted by Gasteiger charge is -2.20. The molecule has 1 atom stereocenters. The number of hydrogen-bond donors (Lipinski definition) is 0. The Bertz CT molecular complexity index is 833. The van der Waals surface area contributed by atoms with Crippen molar-refractivity contribution in [3.63, 3.8) is 0 Å². The smallest absolute Gasteiger partial charge is 0.185 e. The Kier molecular flexibility index (Phi) is 12.4. The van der Waals surface area contributed by atoms with Gasteiger partial charge in [-0.2, -0.15) is 0 Å². The summed E-state index contributed by atoms with van der Waals surface area (Å²) in [5.74, 6) is 0.593. The molecule has 178 valence electrons. The quantitative estimate of drug-likeness (QED) is 0.212. The van der Waals surface area contributed by atoms with E-state index in [1.807, 2.05) is 13.0 Å². The van der Waals surface area contributed by atoms with Gasteiger partial charge >= 0.3 is 0 Å². The van der Waals surface area contributed by atoms with Crippen molar-refractivity contribution < 1.29 is 14.0 Å². The molecule has 3 heteroatoms. The van der Waals surface area contributed by atoms with E-state index < -0.39 is 0 Å². The van der Waals surface area contributed by atoms with Crippen molar-refractivity contribution in [1.82, 2.24) is 0 Å². The van der Waals surface area contributed by atoms with Crippen molar-refractivity contribution in [1.29, 1.82) is 0 Å². The van der Waals surface area contributed by atoms with Crippen LogP contribution in [0.4, 0.5) is 4.39 Å². The zero-order valence-electron chi connectivity index (χ0n) is 21.4. The number of carbonyl (C=O) groups excluding carboxylic acids is 2. The third-order valence-electron chi connectivity index (χ3n) is 6.62. The van der Waals surface area contributed by atoms with Gasteiger partial charge in [-0.15, -0.1) is 0 Å². The average Bonchev–Trinajstić information content (AvgIpc) is 2.76. The summed E-state index contributed by atoms with van der Waals surface area (Å²) in [6.07, 6.45) is 14.4. The van der Waals surface area contributed by atoms with Crippen molar-refractivity contribution in [2.45, 2.75) is 99.8 Å². The summed E-state index contributed by atoms with van der Waals surface area (Å²) in [5.41, 5.74) is 6.16. The molecule has 32 heavy (non-hydrogen) atoms. The van der Waals surface area contributed by atoms with Gasteiger partial charge in [0.1, 0.15) is 6.67 Å². The summed E-state index contributed by atoms with van der Waals surface area (Å²) in [5, 5.41) is 0. The molecule has 0 aliphatic heterocycles. The van der Waals surface area contributed by atoms with Crippen LogP contribution in [0.25, 0.3) is 0 Å². The lowest BCUT2D eigenvalue weighted by Crippen LogP contribution is -2.21. The highest BCUT2D eigenvalue weighted by Gasteiger charge is 2.27. The van der Waals surface area contributed by atoms with Gasteiger partial charge in [-0.05, 0) is 104 Å². The van der Waals surface area contributed by atoms with Crippen LogP contribution in [0, 0.1) is 5.92 Å². The zero-order valence-corrected chi connectivity index (χ0v) is 21.4. The number of alkyl halides is 1. The number of rotatable bonds is 13. The highest BCUT2D eigenvalue weighted by atomic mass is 19.1. The monoisotopic (exact) mass is 442 g/mol. The zero-order chi connectivity index (χ0) is 24.3. The minimum Gasteiger partial charge on any atom is -0.289 e. The molecule has 0 N–H and O–H groups in total. The Morgan fingerprint density at radius 1 is 0.750 bits per heavy atom. The second-order valence-electron chi connectivity index (χ2n) is 9.60. The molecule has 0 heterocycles. The largest absolute Gasteiger partial charge is 0.289 e. The van der Waals surface area contributed by atoms with E-state index in [4.69, 9.17) is 0 Å². The number of Topliss-reactive ketones (excluding diaryl/α,β-unsaturated/α-hetero) is 2. The molecule has 0 amide bonds. The maximum Gasteiger partial charge on any atom is 0.185 e. The van der Waals surface area contributed by atoms with Crippen LogP contribution >= 0.6 is 0 Å². The van der Waals surface area contributed by atoms with Gasteiger partial charge < -0.3 is 0 Å². The first-order valence-electron chi connectivity index (χ1n) is 12.1. The molecular formula is C29H43FO2. The highest BCUT2D eigenvalue weighted by Crippen LogP contribution is 2.29. The summed E-state index contributed by atoms with van der Waals surface area (Å²) < 4.78 is 12.4. The Morgan fingerprint density at radius 2 is 1.25 bits per heavy atom. The SMILES string of the molecule is CC1=C(C)C(=O)C(CCC(C)CC/C=C(\C)CC/C=C(\C)CC/C=C(/C)CF)=C(C)C1=O. The predicted molar refractivity (Wildman–Crippen MR) is 134 cm³/mol. The number of halogens is 1. The van der Waals surface area contributed by atoms with E-state index in [-0.39, 0.29) is 18.2 Å². The van der Waals surface area contributed by atoms with Gasteiger partial charge in [-0.3, -0.25) is 9.59 Å². The maximum atomic E-state index is 12.6. The predicted octanol–water partition coefficient (Wildman–Crippen LogP) is 8.36. The van der Waals surface area contributed by atoms with Crippen LogP contribution in [0.5, 0.6) is 0 Å². The summed E-state index contributed by atoms with van der Waals surface area (Å²) in [4.78, 5) is 24.9. The topological polar surface area (TPSA) is 34.1 Å².